The number of carbonyl (C=O) groups is 3. The Labute approximate surface area is 110 Å². The first-order valence-corrected chi connectivity index (χ1v) is 5.61. The van der Waals surface area contributed by atoms with Crippen molar-refractivity contribution in [3.63, 3.8) is 0 Å². The molecule has 1 N–H and O–H groups in total. The highest BCUT2D eigenvalue weighted by molar-refractivity contribution is 5.67. The lowest BCUT2D eigenvalue weighted by Crippen LogP contribution is -2.24. The molecular formula is C11H18O8. The van der Waals surface area contributed by atoms with Crippen LogP contribution in [-0.4, -0.2) is 49.8 Å². The van der Waals surface area contributed by atoms with Crippen LogP contribution in [0.2, 0.25) is 0 Å². The lowest BCUT2D eigenvalue weighted by molar-refractivity contribution is -0.138. The number of aliphatic carboxylic acids is 1. The molecule has 2 unspecified atom stereocenters. The Hall–Kier alpha value is -1.99. The van der Waals surface area contributed by atoms with Crippen molar-refractivity contribution >= 4 is 18.3 Å². The molecule has 0 aromatic carbocycles. The van der Waals surface area contributed by atoms with Crippen LogP contribution in [0.15, 0.2) is 0 Å². The summed E-state index contributed by atoms with van der Waals surface area (Å²) >= 11 is 0. The second-order valence-electron chi connectivity index (χ2n) is 3.96. The predicted molar refractivity (Wildman–Crippen MR) is 61.7 cm³/mol. The number of hydrogen-bond acceptors (Lipinski definition) is 7. The minimum atomic E-state index is -0.968. The van der Waals surface area contributed by atoms with Crippen LogP contribution in [0.3, 0.4) is 0 Å². The number of carbonyl (C=O) groups excluding carboxylic acids is 2. The average molecular weight is 278 g/mol. The van der Waals surface area contributed by atoms with Crippen LogP contribution in [0.25, 0.3) is 0 Å². The Morgan fingerprint density at radius 1 is 1.05 bits per heavy atom. The quantitative estimate of drug-likeness (QED) is 0.696. The second-order valence-corrected chi connectivity index (χ2v) is 3.96. The number of hydrogen-bond donors (Lipinski definition) is 1. The van der Waals surface area contributed by atoms with Crippen molar-refractivity contribution in [2.24, 2.45) is 5.92 Å². The van der Waals surface area contributed by atoms with Gasteiger partial charge in [-0.1, -0.05) is 6.92 Å². The van der Waals surface area contributed by atoms with Gasteiger partial charge in [-0.05, 0) is 6.92 Å². The molecule has 0 amide bonds. The number of carboxylic acids is 1. The second kappa shape index (κ2) is 9.01. The molecule has 0 bridgehead atoms. The third kappa shape index (κ3) is 9.69. The van der Waals surface area contributed by atoms with Gasteiger partial charge in [0, 0.05) is 5.92 Å². The molecule has 19 heavy (non-hydrogen) atoms. The van der Waals surface area contributed by atoms with Crippen LogP contribution in [0, 0.1) is 5.92 Å². The summed E-state index contributed by atoms with van der Waals surface area (Å²) in [6.45, 7) is 2.91. The van der Waals surface area contributed by atoms with E-state index in [1.165, 1.54) is 6.92 Å². The first kappa shape index (κ1) is 17.0. The van der Waals surface area contributed by atoms with E-state index in [0.717, 1.165) is 7.11 Å². The van der Waals surface area contributed by atoms with Gasteiger partial charge in [0.05, 0.1) is 20.1 Å². The number of rotatable bonds is 7. The molecule has 0 aliphatic heterocycles. The SMILES string of the molecule is COC(=O)OCC(C)OC(=O)OCC(C)CC(=O)O. The Bertz CT molecular complexity index is 314. The third-order valence-electron chi connectivity index (χ3n) is 1.91. The van der Waals surface area contributed by atoms with Crippen LogP contribution in [-0.2, 0) is 23.7 Å². The fraction of sp³-hybridized carbons (Fsp3) is 0.727. The van der Waals surface area contributed by atoms with Crippen LogP contribution in [0.4, 0.5) is 9.59 Å². The number of ether oxygens (including phenoxy) is 4. The Kier molecular flexibility index (Phi) is 8.07. The van der Waals surface area contributed by atoms with Crippen LogP contribution < -0.4 is 0 Å². The zero-order chi connectivity index (χ0) is 14.8. The molecule has 0 saturated heterocycles. The monoisotopic (exact) mass is 278 g/mol. The molecular weight excluding hydrogens is 260 g/mol. The highest BCUT2D eigenvalue weighted by Gasteiger charge is 2.15. The largest absolute Gasteiger partial charge is 0.508 e. The van der Waals surface area contributed by atoms with E-state index in [1.54, 1.807) is 6.92 Å². The maximum absolute atomic E-state index is 11.2. The van der Waals surface area contributed by atoms with Gasteiger partial charge in [-0.15, -0.1) is 0 Å². The fourth-order valence-corrected chi connectivity index (χ4v) is 1.04. The van der Waals surface area contributed by atoms with Crippen LogP contribution >= 0.6 is 0 Å². The molecule has 0 fully saturated rings. The van der Waals surface area contributed by atoms with Gasteiger partial charge in [0.2, 0.25) is 0 Å². The molecule has 8 nitrogen and oxygen atoms in total. The van der Waals surface area contributed by atoms with E-state index >= 15 is 0 Å². The lowest BCUT2D eigenvalue weighted by atomic mass is 10.1. The summed E-state index contributed by atoms with van der Waals surface area (Å²) in [7, 11) is 1.16. The van der Waals surface area contributed by atoms with Crippen molar-refractivity contribution in [3.05, 3.63) is 0 Å². The van der Waals surface area contributed by atoms with Crippen LogP contribution in [0.1, 0.15) is 20.3 Å². The maximum Gasteiger partial charge on any atom is 0.508 e. The van der Waals surface area contributed by atoms with Crippen molar-refractivity contribution in [2.75, 3.05) is 20.3 Å². The highest BCUT2D eigenvalue weighted by Crippen LogP contribution is 2.04. The first-order chi connectivity index (χ1) is 8.85. The van der Waals surface area contributed by atoms with E-state index in [-0.39, 0.29) is 25.6 Å². The minimum Gasteiger partial charge on any atom is -0.481 e. The Morgan fingerprint density at radius 3 is 2.16 bits per heavy atom. The molecule has 110 valence electrons. The van der Waals surface area contributed by atoms with E-state index in [2.05, 4.69) is 9.47 Å². The smallest absolute Gasteiger partial charge is 0.481 e. The van der Waals surface area contributed by atoms with Crippen molar-refractivity contribution < 1.29 is 38.4 Å². The van der Waals surface area contributed by atoms with Gasteiger partial charge in [-0.2, -0.15) is 0 Å². The van der Waals surface area contributed by atoms with Gasteiger partial charge >= 0.3 is 18.3 Å². The average Bonchev–Trinajstić information content (AvgIpc) is 2.32. The highest BCUT2D eigenvalue weighted by atomic mass is 16.7. The standard InChI is InChI=1S/C11H18O8/c1-7(4-9(12)13)5-17-11(15)19-8(2)6-18-10(14)16-3/h7-8H,4-6H2,1-3H3,(H,12,13). The van der Waals surface area contributed by atoms with Gasteiger partial charge in [-0.25, -0.2) is 9.59 Å². The molecule has 0 rings (SSSR count). The van der Waals surface area contributed by atoms with Crippen LogP contribution in [0.5, 0.6) is 0 Å². The molecule has 0 aliphatic carbocycles. The number of methoxy groups -OCH3 is 1. The molecule has 0 aliphatic rings. The van der Waals surface area contributed by atoms with Crippen molar-refractivity contribution in [3.8, 4) is 0 Å². The summed E-state index contributed by atoms with van der Waals surface area (Å²) < 4.78 is 18.3. The molecule has 0 spiro atoms. The van der Waals surface area contributed by atoms with Crippen molar-refractivity contribution in [2.45, 2.75) is 26.4 Å². The van der Waals surface area contributed by atoms with Gasteiger partial charge in [-0.3, -0.25) is 4.79 Å². The summed E-state index contributed by atoms with van der Waals surface area (Å²) in [6, 6.07) is 0. The Morgan fingerprint density at radius 2 is 1.63 bits per heavy atom. The Balaban J connectivity index is 3.78. The van der Waals surface area contributed by atoms with Gasteiger partial charge in [0.1, 0.15) is 12.7 Å². The van der Waals surface area contributed by atoms with E-state index in [0.29, 0.717) is 0 Å². The summed E-state index contributed by atoms with van der Waals surface area (Å²) in [5, 5.41) is 8.51. The van der Waals surface area contributed by atoms with E-state index < -0.39 is 24.4 Å². The van der Waals surface area contributed by atoms with E-state index in [9.17, 15) is 14.4 Å². The van der Waals surface area contributed by atoms with Gasteiger partial charge in [0.15, 0.2) is 0 Å². The molecule has 0 saturated carbocycles. The first-order valence-electron chi connectivity index (χ1n) is 5.61. The fourth-order valence-electron chi connectivity index (χ4n) is 1.04. The molecule has 2 atom stereocenters. The summed E-state index contributed by atoms with van der Waals surface area (Å²) in [5.41, 5.74) is 0. The lowest BCUT2D eigenvalue weighted by Gasteiger charge is -2.14. The summed E-state index contributed by atoms with van der Waals surface area (Å²) in [6.07, 6.45) is -2.62. The molecule has 0 aromatic heterocycles. The van der Waals surface area contributed by atoms with E-state index in [4.69, 9.17) is 14.6 Å². The zero-order valence-electron chi connectivity index (χ0n) is 11.1. The third-order valence-corrected chi connectivity index (χ3v) is 1.91. The summed E-state index contributed by atoms with van der Waals surface area (Å²) in [5.74, 6) is -1.28. The van der Waals surface area contributed by atoms with Crippen molar-refractivity contribution in [1.29, 1.82) is 0 Å². The molecule has 0 aromatic rings. The van der Waals surface area contributed by atoms with Crippen molar-refractivity contribution in [1.82, 2.24) is 0 Å². The van der Waals surface area contributed by atoms with Gasteiger partial charge in [0.25, 0.3) is 0 Å². The molecule has 0 heterocycles. The normalized spacial score (nSPS) is 13.0. The number of carboxylic acid groups (broad SMARTS) is 1. The maximum atomic E-state index is 11.2. The predicted octanol–water partition coefficient (Wildman–Crippen LogP) is 1.42. The van der Waals surface area contributed by atoms with Gasteiger partial charge < -0.3 is 24.1 Å². The molecule has 8 heteroatoms. The zero-order valence-corrected chi connectivity index (χ0v) is 11.1. The minimum absolute atomic E-state index is 0.0598. The topological polar surface area (TPSA) is 108 Å². The molecule has 0 radical (unpaired) electrons. The summed E-state index contributed by atoms with van der Waals surface area (Å²) in [4.78, 5) is 32.2. The van der Waals surface area contributed by atoms with E-state index in [1.807, 2.05) is 0 Å².